The lowest BCUT2D eigenvalue weighted by Gasteiger charge is -2.54. The van der Waals surface area contributed by atoms with Crippen molar-refractivity contribution in [1.82, 2.24) is 9.80 Å². The summed E-state index contributed by atoms with van der Waals surface area (Å²) in [6.45, 7) is 9.35. The van der Waals surface area contributed by atoms with E-state index in [-0.39, 0.29) is 0 Å². The fraction of sp³-hybridized carbons (Fsp3) is 1.00. The molecule has 1 atom stereocenters. The molecule has 0 saturated carbocycles. The molecule has 0 aliphatic carbocycles. The summed E-state index contributed by atoms with van der Waals surface area (Å²) in [5.41, 5.74) is 0.346. The van der Waals surface area contributed by atoms with Gasteiger partial charge in [-0.2, -0.15) is 0 Å². The van der Waals surface area contributed by atoms with Crippen molar-refractivity contribution in [1.29, 1.82) is 0 Å². The van der Waals surface area contributed by atoms with E-state index in [1.165, 1.54) is 58.2 Å². The molecule has 0 aromatic rings. The molecule has 2 aliphatic rings. The molecule has 2 heterocycles. The number of nitrogens with zero attached hydrogens (tertiary/aromatic N) is 2. The Bertz CT molecular complexity index is 245. The van der Waals surface area contributed by atoms with Crippen molar-refractivity contribution >= 4 is 0 Å². The van der Waals surface area contributed by atoms with Crippen LogP contribution in [0.2, 0.25) is 0 Å². The first-order valence-corrected chi connectivity index (χ1v) is 7.76. The van der Waals surface area contributed by atoms with Crippen LogP contribution < -0.4 is 0 Å². The summed E-state index contributed by atoms with van der Waals surface area (Å²) >= 11 is 0. The highest BCUT2D eigenvalue weighted by Crippen LogP contribution is 2.38. The number of rotatable bonds is 5. The van der Waals surface area contributed by atoms with Crippen molar-refractivity contribution in [3.63, 3.8) is 0 Å². The second-order valence-corrected chi connectivity index (χ2v) is 5.89. The Kier molecular flexibility index (Phi) is 5.05. The second kappa shape index (κ2) is 6.36. The summed E-state index contributed by atoms with van der Waals surface area (Å²) in [4.78, 5) is 5.37. The van der Waals surface area contributed by atoms with Gasteiger partial charge in [0.25, 0.3) is 0 Å². The van der Waals surface area contributed by atoms with E-state index in [4.69, 9.17) is 4.74 Å². The molecule has 0 radical (unpaired) electrons. The summed E-state index contributed by atoms with van der Waals surface area (Å²) in [6, 6.07) is 0.749. The first kappa shape index (κ1) is 14.3. The molecule has 0 bridgehead atoms. The minimum absolute atomic E-state index is 0.346. The van der Waals surface area contributed by atoms with Gasteiger partial charge in [0.1, 0.15) is 0 Å². The Morgan fingerprint density at radius 3 is 2.28 bits per heavy atom. The maximum absolute atomic E-state index is 5.46. The molecule has 1 unspecified atom stereocenters. The Hall–Kier alpha value is -0.120. The number of likely N-dealkylation sites (tertiary alicyclic amines) is 2. The molecular weight excluding hydrogens is 224 g/mol. The highest BCUT2D eigenvalue weighted by molar-refractivity contribution is 5.03. The normalized spacial score (nSPS) is 29.8. The first-order chi connectivity index (χ1) is 8.78. The van der Waals surface area contributed by atoms with Gasteiger partial charge in [0.15, 0.2) is 0 Å². The zero-order chi connectivity index (χ0) is 13.0. The van der Waals surface area contributed by atoms with E-state index in [0.29, 0.717) is 5.54 Å². The van der Waals surface area contributed by atoms with Crippen LogP contribution in [-0.2, 0) is 4.74 Å². The average Bonchev–Trinajstić information content (AvgIpc) is 2.92. The van der Waals surface area contributed by atoms with Gasteiger partial charge in [0.05, 0.1) is 6.73 Å². The smallest absolute Gasteiger partial charge is 0.0991 e. The SMILES string of the molecule is CCC1(CC)C(N2CCCC2)CCCN1COC. The van der Waals surface area contributed by atoms with E-state index in [9.17, 15) is 0 Å². The van der Waals surface area contributed by atoms with E-state index in [2.05, 4.69) is 23.6 Å². The van der Waals surface area contributed by atoms with Crippen LogP contribution in [0.1, 0.15) is 52.4 Å². The van der Waals surface area contributed by atoms with Gasteiger partial charge < -0.3 is 4.74 Å². The Morgan fingerprint density at radius 2 is 1.72 bits per heavy atom. The molecule has 0 aromatic heterocycles. The summed E-state index contributed by atoms with van der Waals surface area (Å²) < 4.78 is 5.46. The van der Waals surface area contributed by atoms with Gasteiger partial charge in [0, 0.05) is 25.2 Å². The molecule has 2 aliphatic heterocycles. The molecule has 2 fully saturated rings. The van der Waals surface area contributed by atoms with Crippen molar-refractivity contribution in [3.8, 4) is 0 Å². The molecule has 0 N–H and O–H groups in total. The molecular formula is C15H30N2O. The van der Waals surface area contributed by atoms with Gasteiger partial charge in [-0.25, -0.2) is 0 Å². The third-order valence-electron chi connectivity index (χ3n) is 5.25. The first-order valence-electron chi connectivity index (χ1n) is 7.76. The minimum atomic E-state index is 0.346. The quantitative estimate of drug-likeness (QED) is 0.750. The number of ether oxygens (including phenoxy) is 1. The van der Waals surface area contributed by atoms with Crippen LogP contribution in [0.5, 0.6) is 0 Å². The topological polar surface area (TPSA) is 15.7 Å². The highest BCUT2D eigenvalue weighted by atomic mass is 16.5. The molecule has 18 heavy (non-hydrogen) atoms. The Labute approximate surface area is 112 Å². The lowest BCUT2D eigenvalue weighted by Crippen LogP contribution is -2.64. The van der Waals surface area contributed by atoms with Crippen LogP contribution in [0.4, 0.5) is 0 Å². The number of piperidine rings is 1. The summed E-state index contributed by atoms with van der Waals surface area (Å²) in [6.07, 6.45) is 7.98. The van der Waals surface area contributed by atoms with Crippen LogP contribution in [-0.4, -0.2) is 54.9 Å². The van der Waals surface area contributed by atoms with Gasteiger partial charge >= 0.3 is 0 Å². The van der Waals surface area contributed by atoms with Gasteiger partial charge in [-0.05, 0) is 51.6 Å². The number of hydrogen-bond acceptors (Lipinski definition) is 3. The lowest BCUT2D eigenvalue weighted by molar-refractivity contribution is -0.0872. The van der Waals surface area contributed by atoms with Crippen LogP contribution in [0, 0.1) is 0 Å². The van der Waals surface area contributed by atoms with E-state index in [0.717, 1.165) is 12.8 Å². The maximum Gasteiger partial charge on any atom is 0.0991 e. The van der Waals surface area contributed by atoms with E-state index >= 15 is 0 Å². The van der Waals surface area contributed by atoms with E-state index in [1.54, 1.807) is 0 Å². The maximum atomic E-state index is 5.46. The summed E-state index contributed by atoms with van der Waals surface area (Å²) in [7, 11) is 1.83. The van der Waals surface area contributed by atoms with Crippen LogP contribution in [0.3, 0.4) is 0 Å². The monoisotopic (exact) mass is 254 g/mol. The van der Waals surface area contributed by atoms with Crippen LogP contribution >= 0.6 is 0 Å². The largest absolute Gasteiger partial charge is 0.369 e. The zero-order valence-electron chi connectivity index (χ0n) is 12.5. The standard InChI is InChI=1S/C15H30N2O/c1-4-15(5-2)14(16-10-6-7-11-16)9-8-12-17(15)13-18-3/h14H,4-13H2,1-3H3. The summed E-state index contributed by atoms with van der Waals surface area (Å²) in [5.74, 6) is 0. The van der Waals surface area contributed by atoms with Gasteiger partial charge in [-0.1, -0.05) is 13.8 Å². The molecule has 2 rings (SSSR count). The fourth-order valence-corrected chi connectivity index (χ4v) is 4.27. The molecule has 3 nitrogen and oxygen atoms in total. The molecule has 0 amide bonds. The van der Waals surface area contributed by atoms with Crippen molar-refractivity contribution in [3.05, 3.63) is 0 Å². The van der Waals surface area contributed by atoms with Crippen molar-refractivity contribution < 1.29 is 4.74 Å². The second-order valence-electron chi connectivity index (χ2n) is 5.89. The molecule has 0 spiro atoms. The Morgan fingerprint density at radius 1 is 1.06 bits per heavy atom. The number of methoxy groups -OCH3 is 1. The van der Waals surface area contributed by atoms with Crippen molar-refractivity contribution in [2.75, 3.05) is 33.5 Å². The minimum Gasteiger partial charge on any atom is -0.369 e. The third kappa shape index (κ3) is 2.45. The fourth-order valence-electron chi connectivity index (χ4n) is 4.27. The molecule has 0 aromatic carbocycles. The van der Waals surface area contributed by atoms with E-state index in [1.807, 2.05) is 7.11 Å². The predicted molar refractivity (Wildman–Crippen MR) is 75.7 cm³/mol. The predicted octanol–water partition coefficient (Wildman–Crippen LogP) is 2.71. The molecule has 106 valence electrons. The molecule has 3 heteroatoms. The van der Waals surface area contributed by atoms with E-state index < -0.39 is 0 Å². The van der Waals surface area contributed by atoms with Crippen molar-refractivity contribution in [2.24, 2.45) is 0 Å². The average molecular weight is 254 g/mol. The number of hydrogen-bond donors (Lipinski definition) is 0. The Balaban J connectivity index is 2.19. The van der Waals surface area contributed by atoms with Gasteiger partial charge in [0.2, 0.25) is 0 Å². The van der Waals surface area contributed by atoms with Gasteiger partial charge in [-0.3, -0.25) is 9.80 Å². The lowest BCUT2D eigenvalue weighted by atomic mass is 9.77. The van der Waals surface area contributed by atoms with Gasteiger partial charge in [-0.15, -0.1) is 0 Å². The third-order valence-corrected chi connectivity index (χ3v) is 5.25. The molecule has 2 saturated heterocycles. The highest BCUT2D eigenvalue weighted by Gasteiger charge is 2.46. The van der Waals surface area contributed by atoms with Crippen LogP contribution in [0.15, 0.2) is 0 Å². The zero-order valence-corrected chi connectivity index (χ0v) is 12.5. The van der Waals surface area contributed by atoms with Crippen LogP contribution in [0.25, 0.3) is 0 Å². The summed E-state index contributed by atoms with van der Waals surface area (Å²) in [5, 5.41) is 0. The van der Waals surface area contributed by atoms with Crippen molar-refractivity contribution in [2.45, 2.75) is 64.0 Å².